The van der Waals surface area contributed by atoms with Crippen molar-refractivity contribution in [1.29, 1.82) is 0 Å². The van der Waals surface area contributed by atoms with Crippen LogP contribution in [0.2, 0.25) is 0 Å². The van der Waals surface area contributed by atoms with E-state index in [0.717, 1.165) is 10.9 Å². The Morgan fingerprint density at radius 3 is 2.68 bits per heavy atom. The lowest BCUT2D eigenvalue weighted by molar-refractivity contribution is -0.130. The molecule has 0 N–H and O–H groups in total. The van der Waals surface area contributed by atoms with E-state index in [1.165, 1.54) is 12.1 Å². The number of aryl methyl sites for hydroxylation is 1. The topological polar surface area (TPSA) is 56.5 Å². The number of carbonyl (C=O) groups is 1. The van der Waals surface area contributed by atoms with Gasteiger partial charge in [-0.25, -0.2) is 9.59 Å². The Hall–Kier alpha value is -1.88. The molecule has 0 saturated carbocycles. The van der Waals surface area contributed by atoms with E-state index in [-0.39, 0.29) is 11.3 Å². The van der Waals surface area contributed by atoms with Gasteiger partial charge in [0.15, 0.2) is 0 Å². The smallest absolute Gasteiger partial charge is 0.338 e. The molecule has 0 spiro atoms. The highest BCUT2D eigenvalue weighted by molar-refractivity contribution is 9.10. The van der Waals surface area contributed by atoms with Crippen molar-refractivity contribution in [2.45, 2.75) is 13.8 Å². The van der Waals surface area contributed by atoms with Gasteiger partial charge in [0.1, 0.15) is 11.3 Å². The van der Waals surface area contributed by atoms with E-state index < -0.39 is 11.6 Å². The van der Waals surface area contributed by atoms with E-state index in [1.54, 1.807) is 13.0 Å². The Bertz CT molecular complexity index is 743. The summed E-state index contributed by atoms with van der Waals surface area (Å²) in [6, 6.07) is 4.66. The first-order valence-corrected chi connectivity index (χ1v) is 6.29. The molecular weight excluding hydrogens is 312 g/mol. The van der Waals surface area contributed by atoms with Crippen LogP contribution in [0.5, 0.6) is 5.75 Å². The summed E-state index contributed by atoms with van der Waals surface area (Å²) in [5.41, 5.74) is 1.02. The van der Waals surface area contributed by atoms with Crippen LogP contribution in [-0.2, 0) is 4.79 Å². The molecule has 0 saturated heterocycles. The van der Waals surface area contributed by atoms with Crippen LogP contribution in [-0.4, -0.2) is 5.97 Å². The number of halogens is 1. The van der Waals surface area contributed by atoms with Crippen molar-refractivity contribution in [2.75, 3.05) is 0 Å². The van der Waals surface area contributed by atoms with Crippen molar-refractivity contribution in [1.82, 2.24) is 0 Å². The number of carbonyl (C=O) groups excluding carboxylic acids is 1. The van der Waals surface area contributed by atoms with E-state index in [0.29, 0.717) is 10.1 Å². The van der Waals surface area contributed by atoms with Crippen LogP contribution >= 0.6 is 15.9 Å². The van der Waals surface area contributed by atoms with Gasteiger partial charge in [-0.2, -0.15) is 0 Å². The Kier molecular flexibility index (Phi) is 3.57. The van der Waals surface area contributed by atoms with Crippen LogP contribution in [0.3, 0.4) is 0 Å². The molecule has 0 bridgehead atoms. The van der Waals surface area contributed by atoms with Crippen molar-refractivity contribution in [2.24, 2.45) is 0 Å². The molecule has 2 aromatic rings. The minimum Gasteiger partial charge on any atom is -0.423 e. The van der Waals surface area contributed by atoms with Crippen LogP contribution in [0.1, 0.15) is 12.5 Å². The fourth-order valence-electron chi connectivity index (χ4n) is 1.58. The van der Waals surface area contributed by atoms with Gasteiger partial charge in [0, 0.05) is 23.1 Å². The Morgan fingerprint density at radius 2 is 2.05 bits per heavy atom. The minimum atomic E-state index is -0.532. The van der Waals surface area contributed by atoms with E-state index in [1.807, 2.05) is 6.92 Å². The van der Waals surface area contributed by atoms with Gasteiger partial charge in [-0.15, -0.1) is 0 Å². The number of hydrogen-bond acceptors (Lipinski definition) is 4. The van der Waals surface area contributed by atoms with Crippen LogP contribution in [0.25, 0.3) is 11.0 Å². The summed E-state index contributed by atoms with van der Waals surface area (Å²) in [6.07, 6.45) is 0. The summed E-state index contributed by atoms with van der Waals surface area (Å²) in [5, 5.41) is 0.779. The predicted octanol–water partition coefficient (Wildman–Crippen LogP) is 3.35. The quantitative estimate of drug-likeness (QED) is 0.368. The Labute approximate surface area is 117 Å². The lowest BCUT2D eigenvalue weighted by atomic mass is 10.1. The molecule has 0 aliphatic carbocycles. The lowest BCUT2D eigenvalue weighted by Crippen LogP contribution is -2.08. The molecule has 4 nitrogen and oxygen atoms in total. The third-order valence-corrected chi connectivity index (χ3v) is 3.17. The molecule has 0 atom stereocenters. The molecule has 1 aromatic carbocycles. The van der Waals surface area contributed by atoms with Crippen molar-refractivity contribution >= 4 is 32.9 Å². The largest absolute Gasteiger partial charge is 0.423 e. The maximum absolute atomic E-state index is 11.5. The summed E-state index contributed by atoms with van der Waals surface area (Å²) in [6.45, 7) is 6.88. The molecule has 5 heteroatoms. The lowest BCUT2D eigenvalue weighted by Gasteiger charge is -2.08. The monoisotopic (exact) mass is 322 g/mol. The normalized spacial score (nSPS) is 10.5. The number of benzene rings is 1. The zero-order valence-electron chi connectivity index (χ0n) is 10.5. The first kappa shape index (κ1) is 13.5. The van der Waals surface area contributed by atoms with Gasteiger partial charge >= 0.3 is 11.6 Å². The van der Waals surface area contributed by atoms with Crippen LogP contribution in [0.4, 0.5) is 0 Å². The molecule has 0 radical (unpaired) electrons. The predicted molar refractivity (Wildman–Crippen MR) is 75.4 cm³/mol. The van der Waals surface area contributed by atoms with Gasteiger partial charge < -0.3 is 9.15 Å². The zero-order chi connectivity index (χ0) is 14.2. The van der Waals surface area contributed by atoms with E-state index >= 15 is 0 Å². The Morgan fingerprint density at radius 1 is 1.37 bits per heavy atom. The third kappa shape index (κ3) is 2.76. The Balaban J connectivity index is 2.58. The highest BCUT2D eigenvalue weighted by Crippen LogP contribution is 2.31. The van der Waals surface area contributed by atoms with E-state index in [2.05, 4.69) is 22.5 Å². The van der Waals surface area contributed by atoms with Crippen LogP contribution < -0.4 is 10.4 Å². The highest BCUT2D eigenvalue weighted by atomic mass is 79.9. The molecular formula is C14H11BrO4. The molecule has 0 unspecified atom stereocenters. The number of esters is 1. The van der Waals surface area contributed by atoms with E-state index in [9.17, 15) is 9.59 Å². The first-order valence-electron chi connectivity index (χ1n) is 5.50. The van der Waals surface area contributed by atoms with Crippen LogP contribution in [0, 0.1) is 6.92 Å². The number of rotatable bonds is 2. The van der Waals surface area contributed by atoms with Crippen molar-refractivity contribution in [3.63, 3.8) is 0 Å². The van der Waals surface area contributed by atoms with Gasteiger partial charge in [-0.05, 0) is 41.4 Å². The molecule has 0 fully saturated rings. The average molecular weight is 323 g/mol. The second-order valence-electron chi connectivity index (χ2n) is 4.20. The first-order chi connectivity index (χ1) is 8.88. The second-order valence-corrected chi connectivity index (χ2v) is 5.05. The molecule has 2 rings (SSSR count). The molecule has 0 aliphatic heterocycles. The molecule has 0 aliphatic rings. The third-order valence-electron chi connectivity index (χ3n) is 2.55. The zero-order valence-corrected chi connectivity index (χ0v) is 12.0. The van der Waals surface area contributed by atoms with Gasteiger partial charge in [0.25, 0.3) is 0 Å². The maximum atomic E-state index is 11.5. The fraction of sp³-hybridized carbons (Fsp3) is 0.143. The van der Waals surface area contributed by atoms with Crippen molar-refractivity contribution < 1.29 is 13.9 Å². The number of hydrogen-bond donors (Lipinski definition) is 0. The SMILES string of the molecule is C=C(C)C(=O)Oc1cc2oc(=O)cc(C)c2cc1Br. The number of fused-ring (bicyclic) bond motifs is 1. The highest BCUT2D eigenvalue weighted by Gasteiger charge is 2.12. The molecule has 1 heterocycles. The van der Waals surface area contributed by atoms with Gasteiger partial charge in [-0.3, -0.25) is 0 Å². The van der Waals surface area contributed by atoms with Crippen LogP contribution in [0.15, 0.2) is 44.0 Å². The summed E-state index contributed by atoms with van der Waals surface area (Å²) < 4.78 is 10.8. The maximum Gasteiger partial charge on any atom is 0.338 e. The second kappa shape index (κ2) is 5.01. The summed E-state index contributed by atoms with van der Waals surface area (Å²) >= 11 is 3.32. The standard InChI is InChI=1S/C14H11BrO4/c1-7(2)14(17)19-12-6-11-9(5-10(12)15)8(3)4-13(16)18-11/h4-6H,1H2,2-3H3. The molecule has 0 amide bonds. The van der Waals surface area contributed by atoms with Gasteiger partial charge in [0.05, 0.1) is 4.47 Å². The van der Waals surface area contributed by atoms with Gasteiger partial charge in [-0.1, -0.05) is 6.58 Å². The number of ether oxygens (including phenoxy) is 1. The van der Waals surface area contributed by atoms with Gasteiger partial charge in [0.2, 0.25) is 0 Å². The summed E-state index contributed by atoms with van der Waals surface area (Å²) in [4.78, 5) is 22.8. The summed E-state index contributed by atoms with van der Waals surface area (Å²) in [5.74, 6) is -0.246. The minimum absolute atomic E-state index is 0.286. The van der Waals surface area contributed by atoms with E-state index in [4.69, 9.17) is 9.15 Å². The van der Waals surface area contributed by atoms with Crippen molar-refractivity contribution in [3.8, 4) is 5.75 Å². The molecule has 19 heavy (non-hydrogen) atoms. The van der Waals surface area contributed by atoms with Crippen molar-refractivity contribution in [3.05, 3.63) is 50.8 Å². The molecule has 98 valence electrons. The average Bonchev–Trinajstić information content (AvgIpc) is 2.31. The fourth-order valence-corrected chi connectivity index (χ4v) is 2.01. The summed E-state index contributed by atoms with van der Waals surface area (Å²) in [7, 11) is 0. The molecule has 1 aromatic heterocycles.